The van der Waals surface area contributed by atoms with Gasteiger partial charge >= 0.3 is 0 Å². The zero-order chi connectivity index (χ0) is 50.2. The Labute approximate surface area is 447 Å². The Balaban J connectivity index is 0.877. The fourth-order valence-corrected chi connectivity index (χ4v) is 14.6. The lowest BCUT2D eigenvalue weighted by molar-refractivity contribution is 0.623. The molecule has 1 heterocycles. The Morgan fingerprint density at radius 2 is 0.645 bits per heavy atom. The molecule has 15 rings (SSSR count). The Bertz CT molecular complexity index is 4220. The second-order valence-corrected chi connectivity index (χ2v) is 21.3. The minimum atomic E-state index is -0.570. The Kier molecular flexibility index (Phi) is 10.3. The van der Waals surface area contributed by atoms with Crippen LogP contribution in [0.25, 0.3) is 64.7 Å². The predicted octanol–water partition coefficient (Wildman–Crippen LogP) is 19.6. The molecule has 0 radical (unpaired) electrons. The van der Waals surface area contributed by atoms with Gasteiger partial charge in [-0.15, -0.1) is 11.3 Å². The molecule has 76 heavy (non-hydrogen) atoms. The van der Waals surface area contributed by atoms with Crippen molar-refractivity contribution in [2.24, 2.45) is 0 Å². The Morgan fingerprint density at radius 1 is 0.250 bits per heavy atom. The molecule has 1 aromatic heterocycles. The third-order valence-electron chi connectivity index (χ3n) is 16.5. The lowest BCUT2D eigenvalue weighted by Crippen LogP contribution is -2.44. The van der Waals surface area contributed by atoms with Gasteiger partial charge in [-0.2, -0.15) is 0 Å². The minimum Gasteiger partial charge on any atom is -0.311 e. The van der Waals surface area contributed by atoms with E-state index in [1.54, 1.807) is 0 Å². The Hall–Kier alpha value is -9.34. The van der Waals surface area contributed by atoms with E-state index in [1.807, 2.05) is 11.3 Å². The average molecular weight is 984 g/mol. The van der Waals surface area contributed by atoms with Crippen molar-refractivity contribution in [2.75, 3.05) is 4.90 Å². The lowest BCUT2D eigenvalue weighted by Gasteiger charge is -2.50. The molecule has 356 valence electrons. The molecule has 0 saturated heterocycles. The molecule has 2 heteroatoms. The molecule has 2 aliphatic rings. The van der Waals surface area contributed by atoms with Crippen LogP contribution in [0.15, 0.2) is 297 Å². The van der Waals surface area contributed by atoms with Crippen LogP contribution in [0.1, 0.15) is 44.5 Å². The largest absolute Gasteiger partial charge is 0.311 e. The average Bonchev–Trinajstić information content (AvgIpc) is 4.18. The van der Waals surface area contributed by atoms with Crippen molar-refractivity contribution in [2.45, 2.75) is 10.8 Å². The molecule has 0 bridgehead atoms. The number of thiophene rings is 1. The highest BCUT2D eigenvalue weighted by molar-refractivity contribution is 7.26. The van der Waals surface area contributed by atoms with E-state index in [4.69, 9.17) is 0 Å². The van der Waals surface area contributed by atoms with Gasteiger partial charge in [0, 0.05) is 37.2 Å². The second-order valence-electron chi connectivity index (χ2n) is 20.2. The summed E-state index contributed by atoms with van der Waals surface area (Å²) >= 11 is 1.88. The summed E-state index contributed by atoms with van der Waals surface area (Å²) in [5, 5.41) is 2.63. The van der Waals surface area contributed by atoms with Crippen LogP contribution in [0.4, 0.5) is 17.1 Å². The summed E-state index contributed by atoms with van der Waals surface area (Å²) in [6.45, 7) is 0. The summed E-state index contributed by atoms with van der Waals surface area (Å²) in [7, 11) is 0. The number of hydrogen-bond acceptors (Lipinski definition) is 2. The molecule has 0 unspecified atom stereocenters. The molecule has 12 aromatic carbocycles. The van der Waals surface area contributed by atoms with Crippen LogP contribution in [0, 0.1) is 0 Å². The van der Waals surface area contributed by atoms with Gasteiger partial charge < -0.3 is 4.90 Å². The van der Waals surface area contributed by atoms with Gasteiger partial charge in [0.15, 0.2) is 0 Å². The van der Waals surface area contributed by atoms with Gasteiger partial charge in [-0.25, -0.2) is 0 Å². The van der Waals surface area contributed by atoms with Crippen LogP contribution in [-0.2, 0) is 10.8 Å². The number of anilines is 3. The van der Waals surface area contributed by atoms with E-state index >= 15 is 0 Å². The van der Waals surface area contributed by atoms with E-state index < -0.39 is 10.8 Å². The van der Waals surface area contributed by atoms with Gasteiger partial charge in [-0.3, -0.25) is 0 Å². The molecular formula is C74H49NS. The van der Waals surface area contributed by atoms with Gasteiger partial charge in [-0.1, -0.05) is 255 Å². The third kappa shape index (κ3) is 6.51. The SMILES string of the molecule is c1ccc(-c2ccc(N(c3ccc(-c4cccc5c4-c4ccccc4C54c5ccccc5C(c5ccccc5)(c5ccccc5)c5ccccc54)cc3)c3ccc(-c4cccc5c4sc4ccccc45)cc3)cc2)cc1. The first-order chi connectivity index (χ1) is 37.7. The molecule has 0 saturated carbocycles. The van der Waals surface area contributed by atoms with E-state index in [9.17, 15) is 0 Å². The molecule has 0 fully saturated rings. The molecule has 0 atom stereocenters. The van der Waals surface area contributed by atoms with Crippen LogP contribution in [-0.4, -0.2) is 0 Å². The number of nitrogens with zero attached hydrogens (tertiary/aromatic N) is 1. The number of hydrogen-bond donors (Lipinski definition) is 0. The standard InChI is InChI=1S/C74H49NS/c1-4-20-50(21-5-1)51-38-44-56(45-39-51)75(58-48-42-53(43-49-58)60-29-18-30-62-61-26-11-17-37-70(61)76-72(60)62)57-46-40-52(41-47-57)59-28-19-36-69-71(59)63-27-10-12-31-64(63)74(69)67-34-15-13-32-65(67)73(54-22-6-2-7-23-54,55-24-8-3-9-25-55)66-33-14-16-35-68(66)74/h1-49H. The topological polar surface area (TPSA) is 3.24 Å². The van der Waals surface area contributed by atoms with Crippen molar-refractivity contribution in [1.29, 1.82) is 0 Å². The maximum absolute atomic E-state index is 2.41. The first-order valence-electron chi connectivity index (χ1n) is 26.3. The van der Waals surface area contributed by atoms with Crippen LogP contribution in [0.2, 0.25) is 0 Å². The zero-order valence-corrected chi connectivity index (χ0v) is 42.5. The summed E-state index contributed by atoms with van der Waals surface area (Å²) in [5.74, 6) is 0. The monoisotopic (exact) mass is 983 g/mol. The molecule has 0 N–H and O–H groups in total. The van der Waals surface area contributed by atoms with Gasteiger partial charge in [-0.05, 0) is 131 Å². The van der Waals surface area contributed by atoms with Gasteiger partial charge in [0.1, 0.15) is 0 Å². The van der Waals surface area contributed by atoms with E-state index in [0.717, 1.165) is 17.1 Å². The first-order valence-corrected chi connectivity index (χ1v) is 27.1. The van der Waals surface area contributed by atoms with Crippen molar-refractivity contribution in [3.8, 4) is 44.5 Å². The number of rotatable bonds is 8. The van der Waals surface area contributed by atoms with Crippen molar-refractivity contribution >= 4 is 48.6 Å². The highest BCUT2D eigenvalue weighted by Crippen LogP contribution is 2.65. The minimum absolute atomic E-state index is 0.548. The van der Waals surface area contributed by atoms with Crippen LogP contribution in [0.3, 0.4) is 0 Å². The van der Waals surface area contributed by atoms with Crippen molar-refractivity contribution in [1.82, 2.24) is 0 Å². The summed E-state index contributed by atoms with van der Waals surface area (Å²) in [6, 6.07) is 111. The first kappa shape index (κ1) is 44.2. The molecule has 2 aliphatic carbocycles. The molecular weight excluding hydrogens is 935 g/mol. The lowest BCUT2D eigenvalue weighted by atomic mass is 9.51. The summed E-state index contributed by atoms with van der Waals surface area (Å²) in [4.78, 5) is 2.39. The number of benzene rings is 12. The molecule has 0 aliphatic heterocycles. The van der Waals surface area contributed by atoms with Gasteiger partial charge in [0.25, 0.3) is 0 Å². The molecule has 0 amide bonds. The Morgan fingerprint density at radius 3 is 1.24 bits per heavy atom. The van der Waals surface area contributed by atoms with Crippen LogP contribution in [0.5, 0.6) is 0 Å². The maximum atomic E-state index is 2.41. The van der Waals surface area contributed by atoms with Crippen molar-refractivity contribution < 1.29 is 0 Å². The number of fused-ring (bicyclic) bond motifs is 12. The summed E-state index contributed by atoms with van der Waals surface area (Å²) in [5.41, 5.74) is 22.4. The van der Waals surface area contributed by atoms with Crippen LogP contribution < -0.4 is 4.90 Å². The summed E-state index contributed by atoms with van der Waals surface area (Å²) in [6.07, 6.45) is 0. The second kappa shape index (κ2) is 17.7. The smallest absolute Gasteiger partial charge is 0.0720 e. The molecule has 1 spiro atoms. The summed E-state index contributed by atoms with van der Waals surface area (Å²) < 4.78 is 2.64. The fourth-order valence-electron chi connectivity index (χ4n) is 13.3. The molecule has 1 nitrogen and oxygen atoms in total. The van der Waals surface area contributed by atoms with Gasteiger partial charge in [0.2, 0.25) is 0 Å². The maximum Gasteiger partial charge on any atom is 0.0720 e. The van der Waals surface area contributed by atoms with E-state index in [2.05, 4.69) is 302 Å². The van der Waals surface area contributed by atoms with E-state index in [1.165, 1.54) is 109 Å². The molecule has 13 aromatic rings. The predicted molar refractivity (Wildman–Crippen MR) is 319 cm³/mol. The van der Waals surface area contributed by atoms with Crippen molar-refractivity contribution in [3.05, 3.63) is 342 Å². The van der Waals surface area contributed by atoms with Gasteiger partial charge in [0.05, 0.1) is 10.8 Å². The van der Waals surface area contributed by atoms with E-state index in [-0.39, 0.29) is 0 Å². The fraction of sp³-hybridized carbons (Fsp3) is 0.0270. The zero-order valence-electron chi connectivity index (χ0n) is 41.6. The normalized spacial score (nSPS) is 13.5. The highest BCUT2D eigenvalue weighted by Gasteiger charge is 2.56. The van der Waals surface area contributed by atoms with E-state index in [0.29, 0.717) is 0 Å². The van der Waals surface area contributed by atoms with Crippen molar-refractivity contribution in [3.63, 3.8) is 0 Å². The van der Waals surface area contributed by atoms with Crippen LogP contribution >= 0.6 is 11.3 Å². The highest BCUT2D eigenvalue weighted by atomic mass is 32.1. The third-order valence-corrected chi connectivity index (χ3v) is 17.7. The quantitative estimate of drug-likeness (QED) is 0.147.